The number of aromatic nitrogens is 1. The molecule has 2 aromatic carbocycles. The molecule has 258 valence electrons. The topological polar surface area (TPSA) is 4.93 Å². The van der Waals surface area contributed by atoms with Crippen LogP contribution in [0.4, 0.5) is 0 Å². The van der Waals surface area contributed by atoms with E-state index >= 15 is 0 Å². The van der Waals surface area contributed by atoms with Crippen LogP contribution in [0.15, 0.2) is 153 Å². The van der Waals surface area contributed by atoms with Crippen molar-refractivity contribution in [3.05, 3.63) is 171 Å². The van der Waals surface area contributed by atoms with Crippen LogP contribution < -0.4 is 0 Å². The number of hydrogen-bond donors (Lipinski definition) is 0. The molecule has 1 aromatic heterocycles. The van der Waals surface area contributed by atoms with E-state index in [1.807, 2.05) is 0 Å². The van der Waals surface area contributed by atoms with Crippen LogP contribution in [0.3, 0.4) is 0 Å². The molecule has 52 heavy (non-hydrogen) atoms. The Balaban J connectivity index is 1.08. The number of nitrogens with zero attached hydrogens (tertiary/aromatic N) is 1. The predicted octanol–water partition coefficient (Wildman–Crippen LogP) is 13.2. The minimum Gasteiger partial charge on any atom is -0.317 e. The lowest BCUT2D eigenvalue weighted by Crippen LogP contribution is -2.53. The number of hydrogen-bond acceptors (Lipinski definition) is 2. The molecule has 11 rings (SSSR count). The minimum atomic E-state index is -0.0451. The van der Waals surface area contributed by atoms with Gasteiger partial charge in [-0.05, 0) is 104 Å². The van der Waals surface area contributed by atoms with Crippen LogP contribution in [-0.2, 0) is 11.8 Å². The van der Waals surface area contributed by atoms with Gasteiger partial charge in [0.05, 0.1) is 5.52 Å². The summed E-state index contributed by atoms with van der Waals surface area (Å²) in [5.41, 5.74) is 12.3. The van der Waals surface area contributed by atoms with E-state index in [-0.39, 0.29) is 5.41 Å². The van der Waals surface area contributed by atoms with Gasteiger partial charge < -0.3 is 4.57 Å². The molecular weight excluding hydrogens is 667 g/mol. The van der Waals surface area contributed by atoms with Crippen molar-refractivity contribution in [2.45, 2.75) is 79.3 Å². The van der Waals surface area contributed by atoms with Crippen LogP contribution >= 0.6 is 23.5 Å². The quantitative estimate of drug-likeness (QED) is 0.249. The first kappa shape index (κ1) is 31.6. The van der Waals surface area contributed by atoms with Gasteiger partial charge in [-0.25, -0.2) is 0 Å². The van der Waals surface area contributed by atoms with Crippen molar-refractivity contribution >= 4 is 46.2 Å². The number of benzene rings is 2. The third kappa shape index (κ3) is 4.70. The van der Waals surface area contributed by atoms with Crippen LogP contribution in [0.5, 0.6) is 0 Å². The first-order valence-electron chi connectivity index (χ1n) is 19.8. The zero-order valence-corrected chi connectivity index (χ0v) is 31.3. The molecule has 6 atom stereocenters. The lowest BCUT2D eigenvalue weighted by molar-refractivity contribution is 0.260. The molecule has 0 saturated carbocycles. The summed E-state index contributed by atoms with van der Waals surface area (Å²) in [5.74, 6) is 1.83. The zero-order valence-electron chi connectivity index (χ0n) is 29.7. The minimum absolute atomic E-state index is 0.0451. The fourth-order valence-electron chi connectivity index (χ4n) is 11.2. The highest BCUT2D eigenvalue weighted by atomic mass is 32.2. The summed E-state index contributed by atoms with van der Waals surface area (Å²) < 4.78 is 2.62. The van der Waals surface area contributed by atoms with Gasteiger partial charge in [-0.3, -0.25) is 0 Å². The molecule has 3 heteroatoms. The average Bonchev–Trinajstić information content (AvgIpc) is 3.54. The Kier molecular flexibility index (Phi) is 7.65. The van der Waals surface area contributed by atoms with Crippen LogP contribution in [0, 0.1) is 17.8 Å². The van der Waals surface area contributed by atoms with Crippen LogP contribution in [0.1, 0.15) is 79.7 Å². The summed E-state index contributed by atoms with van der Waals surface area (Å²) in [6.07, 6.45) is 47.2. The van der Waals surface area contributed by atoms with Crippen LogP contribution in [0.25, 0.3) is 22.7 Å². The summed E-state index contributed by atoms with van der Waals surface area (Å²) in [6.45, 7) is 0. The monoisotopic (exact) mass is 711 g/mol. The van der Waals surface area contributed by atoms with Gasteiger partial charge in [0.15, 0.2) is 0 Å². The van der Waals surface area contributed by atoms with E-state index in [1.165, 1.54) is 52.0 Å². The number of allylic oxidation sites excluding steroid dienone is 17. The largest absolute Gasteiger partial charge is 0.317 e. The van der Waals surface area contributed by atoms with Crippen molar-refractivity contribution in [3.8, 4) is 0 Å². The molecule has 3 aromatic rings. The summed E-state index contributed by atoms with van der Waals surface area (Å²) in [6, 6.07) is 16.4. The van der Waals surface area contributed by atoms with E-state index in [9.17, 15) is 0 Å². The second-order valence-corrected chi connectivity index (χ2v) is 18.2. The Labute approximate surface area is 317 Å². The molecule has 0 saturated heterocycles. The Morgan fingerprint density at radius 1 is 0.788 bits per heavy atom. The summed E-state index contributed by atoms with van der Waals surface area (Å²) in [4.78, 5) is 4.65. The summed E-state index contributed by atoms with van der Waals surface area (Å²) >= 11 is 4.24. The molecule has 0 N–H and O–H groups in total. The molecular formula is C49H45NS2. The van der Waals surface area contributed by atoms with Gasteiger partial charge in [0.2, 0.25) is 0 Å². The highest BCUT2D eigenvalue weighted by Crippen LogP contribution is 2.68. The summed E-state index contributed by atoms with van der Waals surface area (Å²) in [5, 5.41) is 1.84. The maximum absolute atomic E-state index is 2.69. The Bertz CT molecular complexity index is 2330. The molecule has 3 heterocycles. The van der Waals surface area contributed by atoms with E-state index in [1.54, 1.807) is 32.1 Å². The van der Waals surface area contributed by atoms with Crippen LogP contribution in [-0.4, -0.2) is 9.82 Å². The third-order valence-corrected chi connectivity index (χ3v) is 15.9. The van der Waals surface area contributed by atoms with Gasteiger partial charge in [0.25, 0.3) is 0 Å². The van der Waals surface area contributed by atoms with Gasteiger partial charge in [-0.15, -0.1) is 11.8 Å². The van der Waals surface area contributed by atoms with Crippen LogP contribution in [0.2, 0.25) is 0 Å². The van der Waals surface area contributed by atoms with E-state index in [0.29, 0.717) is 28.9 Å². The average molecular weight is 712 g/mol. The lowest BCUT2D eigenvalue weighted by Gasteiger charge is -2.58. The van der Waals surface area contributed by atoms with E-state index in [2.05, 4.69) is 162 Å². The fraction of sp³-hybridized carbons (Fsp3) is 0.306. The van der Waals surface area contributed by atoms with Crippen molar-refractivity contribution in [1.29, 1.82) is 0 Å². The van der Waals surface area contributed by atoms with Gasteiger partial charge in [-0.1, -0.05) is 127 Å². The number of fused-ring (bicyclic) bond motifs is 10. The van der Waals surface area contributed by atoms with Crippen molar-refractivity contribution in [2.75, 3.05) is 0 Å². The molecule has 0 radical (unpaired) electrons. The molecule has 1 nitrogen and oxygen atoms in total. The molecule has 0 fully saturated rings. The third-order valence-electron chi connectivity index (χ3n) is 13.3. The summed E-state index contributed by atoms with van der Waals surface area (Å²) in [7, 11) is 0. The highest BCUT2D eigenvalue weighted by molar-refractivity contribution is 8.07. The smallest absolute Gasteiger partial charge is 0.0534 e. The fourth-order valence-corrected chi connectivity index (χ4v) is 14.1. The predicted molar refractivity (Wildman–Crippen MR) is 223 cm³/mol. The normalized spacial score (nSPS) is 31.1. The molecule has 2 aliphatic heterocycles. The highest BCUT2D eigenvalue weighted by Gasteiger charge is 2.59. The van der Waals surface area contributed by atoms with Gasteiger partial charge in [0, 0.05) is 66.5 Å². The SMILES string of the molecule is C1=CCCC(n2c3c(c4ccccc42)C=CC(C2=CC4=C(CC2)C2(c5c(cccc5C5C=CCCC5)SC5C=CC=CC52)C2CC=CC=C2S4)C3)=C1. The number of thioether (sulfide) groups is 2. The van der Waals surface area contributed by atoms with Crippen molar-refractivity contribution in [2.24, 2.45) is 17.8 Å². The second-order valence-electron chi connectivity index (χ2n) is 15.9. The standard InChI is InChI=1S/C49H45NS2/c1-3-14-32(15-4-1)36-19-13-25-46-48(36)49(39-20-8-11-23-44(39)51-46)40-21-9-12-24-45(40)52-47-31-34(27-29-41(47)49)33-26-28-38-37-18-7-10-22-42(37)50(43(38)30-33)35-16-5-2-6-17-35/h2-3,5,7-14,16,18-20,22-26,28,31-33,39-40,44H,1,4,6,15,17,21,27,29-30H2. The van der Waals surface area contributed by atoms with Gasteiger partial charge in [-0.2, -0.15) is 0 Å². The van der Waals surface area contributed by atoms with Crippen molar-refractivity contribution < 1.29 is 0 Å². The molecule has 6 aliphatic carbocycles. The van der Waals surface area contributed by atoms with E-state index < -0.39 is 0 Å². The maximum atomic E-state index is 2.69. The van der Waals surface area contributed by atoms with E-state index in [4.69, 9.17) is 0 Å². The molecule has 0 bridgehead atoms. The van der Waals surface area contributed by atoms with Gasteiger partial charge >= 0.3 is 0 Å². The first-order chi connectivity index (χ1) is 25.8. The molecule has 0 amide bonds. The van der Waals surface area contributed by atoms with E-state index in [0.717, 1.165) is 38.5 Å². The second kappa shape index (κ2) is 12.6. The number of rotatable bonds is 3. The van der Waals surface area contributed by atoms with Crippen molar-refractivity contribution in [1.82, 2.24) is 4.57 Å². The Hall–Kier alpha value is -3.92. The Morgan fingerprint density at radius 3 is 2.65 bits per heavy atom. The zero-order chi connectivity index (χ0) is 34.2. The lowest BCUT2D eigenvalue weighted by atomic mass is 9.52. The number of para-hydroxylation sites is 1. The molecule has 6 unspecified atom stereocenters. The molecule has 1 spiro atoms. The molecule has 8 aliphatic rings. The first-order valence-corrected chi connectivity index (χ1v) is 21.5. The van der Waals surface area contributed by atoms with Gasteiger partial charge in [0.1, 0.15) is 0 Å². The maximum Gasteiger partial charge on any atom is 0.0534 e. The Morgan fingerprint density at radius 2 is 1.73 bits per heavy atom. The van der Waals surface area contributed by atoms with Crippen molar-refractivity contribution in [3.63, 3.8) is 0 Å².